The lowest BCUT2D eigenvalue weighted by Gasteiger charge is -2.24. The first-order chi connectivity index (χ1) is 16.5. The van der Waals surface area contributed by atoms with Crippen LogP contribution in [0.15, 0.2) is 60.7 Å². The number of aliphatic carboxylic acids is 1. The predicted molar refractivity (Wildman–Crippen MR) is 127 cm³/mol. The van der Waals surface area contributed by atoms with Crippen molar-refractivity contribution in [3.05, 3.63) is 94.3 Å². The number of nitrogens with one attached hydrogen (secondary N) is 1. The highest BCUT2D eigenvalue weighted by atomic mass is 19.4. The molecule has 3 rings (SSSR count). The van der Waals surface area contributed by atoms with Crippen LogP contribution in [0, 0.1) is 12.7 Å². The fourth-order valence-corrected chi connectivity index (χ4v) is 3.60. The quantitative estimate of drug-likeness (QED) is 0.273. The Morgan fingerprint density at radius 1 is 0.971 bits per heavy atom. The van der Waals surface area contributed by atoms with Crippen molar-refractivity contribution in [3.63, 3.8) is 0 Å². The summed E-state index contributed by atoms with van der Waals surface area (Å²) in [5.41, 5.74) is 0.197. The van der Waals surface area contributed by atoms with E-state index in [0.717, 1.165) is 6.07 Å². The SMILES string of the molecule is Cc1c(C=Cc2cc(CNC(C)(CO)C(=O)O)ccc2C(F)(F)F)cccc1-c1ccccc1F. The van der Waals surface area contributed by atoms with Gasteiger partial charge in [-0.15, -0.1) is 0 Å². The summed E-state index contributed by atoms with van der Waals surface area (Å²) in [5, 5.41) is 21.3. The summed E-state index contributed by atoms with van der Waals surface area (Å²) in [5.74, 6) is -1.68. The van der Waals surface area contributed by atoms with E-state index in [1.54, 1.807) is 43.3 Å². The molecule has 1 atom stereocenters. The van der Waals surface area contributed by atoms with Crippen LogP contribution in [0.5, 0.6) is 0 Å². The van der Waals surface area contributed by atoms with Gasteiger partial charge in [0.1, 0.15) is 11.4 Å². The van der Waals surface area contributed by atoms with E-state index in [-0.39, 0.29) is 12.1 Å². The normalized spacial score (nSPS) is 13.7. The molecule has 3 aromatic rings. The molecule has 0 saturated heterocycles. The molecular weight excluding hydrogens is 462 g/mol. The van der Waals surface area contributed by atoms with Crippen molar-refractivity contribution in [2.24, 2.45) is 0 Å². The van der Waals surface area contributed by atoms with Crippen LogP contribution in [0.1, 0.15) is 34.7 Å². The summed E-state index contributed by atoms with van der Waals surface area (Å²) < 4.78 is 55.2. The Hall–Kier alpha value is -3.49. The van der Waals surface area contributed by atoms with Gasteiger partial charge in [0, 0.05) is 12.1 Å². The molecule has 0 aromatic heterocycles. The number of halogens is 4. The molecule has 0 amide bonds. The summed E-state index contributed by atoms with van der Waals surface area (Å²) in [7, 11) is 0. The molecular formula is C27H25F4NO3. The van der Waals surface area contributed by atoms with E-state index in [4.69, 9.17) is 0 Å². The zero-order valence-corrected chi connectivity index (χ0v) is 19.2. The molecule has 35 heavy (non-hydrogen) atoms. The maximum absolute atomic E-state index is 14.3. The molecule has 184 valence electrons. The number of hydrogen-bond donors (Lipinski definition) is 3. The maximum atomic E-state index is 14.3. The fourth-order valence-electron chi connectivity index (χ4n) is 3.60. The van der Waals surface area contributed by atoms with Gasteiger partial charge in [-0.3, -0.25) is 10.1 Å². The Morgan fingerprint density at radius 2 is 1.63 bits per heavy atom. The minimum absolute atomic E-state index is 0.0653. The van der Waals surface area contributed by atoms with Crippen molar-refractivity contribution in [1.82, 2.24) is 5.32 Å². The highest BCUT2D eigenvalue weighted by Crippen LogP contribution is 2.34. The molecule has 8 heteroatoms. The largest absolute Gasteiger partial charge is 0.480 e. The number of carbonyl (C=O) groups is 1. The highest BCUT2D eigenvalue weighted by Gasteiger charge is 2.34. The standard InChI is InChI=1S/C27H25F4NO3/c1-17-19(6-5-8-21(17)22-7-3-4-9-24(22)28)11-12-20-14-18(10-13-23(20)27(29,30)31)15-32-26(2,16-33)25(34)35/h3-14,32-33H,15-16H2,1-2H3,(H,34,35). The lowest BCUT2D eigenvalue weighted by atomic mass is 9.95. The van der Waals surface area contributed by atoms with Gasteiger partial charge >= 0.3 is 12.1 Å². The zero-order chi connectivity index (χ0) is 25.8. The summed E-state index contributed by atoms with van der Waals surface area (Å²) in [6.07, 6.45) is -1.73. The molecule has 3 N–H and O–H groups in total. The molecule has 0 bridgehead atoms. The van der Waals surface area contributed by atoms with Crippen molar-refractivity contribution >= 4 is 18.1 Å². The van der Waals surface area contributed by atoms with Crippen molar-refractivity contribution < 1.29 is 32.6 Å². The van der Waals surface area contributed by atoms with Crippen LogP contribution in [0.2, 0.25) is 0 Å². The molecule has 1 unspecified atom stereocenters. The average molecular weight is 487 g/mol. The van der Waals surface area contributed by atoms with Crippen LogP contribution >= 0.6 is 0 Å². The number of alkyl halides is 3. The fraction of sp³-hybridized carbons (Fsp3) is 0.222. The van der Waals surface area contributed by atoms with Gasteiger partial charge < -0.3 is 10.2 Å². The van der Waals surface area contributed by atoms with E-state index < -0.39 is 35.7 Å². The van der Waals surface area contributed by atoms with Crippen LogP contribution in [0.3, 0.4) is 0 Å². The Morgan fingerprint density at radius 3 is 2.26 bits per heavy atom. The van der Waals surface area contributed by atoms with Gasteiger partial charge in [0.25, 0.3) is 0 Å². The van der Waals surface area contributed by atoms with Crippen molar-refractivity contribution in [3.8, 4) is 11.1 Å². The first-order valence-electron chi connectivity index (χ1n) is 10.8. The smallest absolute Gasteiger partial charge is 0.416 e. The maximum Gasteiger partial charge on any atom is 0.416 e. The van der Waals surface area contributed by atoms with E-state index in [1.165, 1.54) is 37.3 Å². The van der Waals surface area contributed by atoms with Crippen LogP contribution in [-0.4, -0.2) is 28.3 Å². The second-order valence-corrected chi connectivity index (χ2v) is 8.40. The molecule has 0 heterocycles. The number of carboxylic acid groups (broad SMARTS) is 1. The van der Waals surface area contributed by atoms with Crippen molar-refractivity contribution in [1.29, 1.82) is 0 Å². The number of carboxylic acids is 1. The third kappa shape index (κ3) is 5.96. The van der Waals surface area contributed by atoms with E-state index >= 15 is 0 Å². The van der Waals surface area contributed by atoms with E-state index in [0.29, 0.717) is 27.8 Å². The number of benzene rings is 3. The third-order valence-electron chi connectivity index (χ3n) is 5.87. The Bertz CT molecular complexity index is 1250. The van der Waals surface area contributed by atoms with Crippen LogP contribution in [0.25, 0.3) is 23.3 Å². The second kappa shape index (κ2) is 10.4. The summed E-state index contributed by atoms with van der Waals surface area (Å²) in [6.45, 7) is 2.30. The van der Waals surface area contributed by atoms with E-state index in [1.807, 2.05) is 0 Å². The third-order valence-corrected chi connectivity index (χ3v) is 5.87. The predicted octanol–water partition coefficient (Wildman–Crippen LogP) is 5.92. The van der Waals surface area contributed by atoms with Gasteiger partial charge in [-0.25, -0.2) is 4.39 Å². The minimum Gasteiger partial charge on any atom is -0.480 e. The number of aliphatic hydroxyl groups excluding tert-OH is 1. The Balaban J connectivity index is 1.97. The van der Waals surface area contributed by atoms with Gasteiger partial charge in [-0.1, -0.05) is 54.6 Å². The van der Waals surface area contributed by atoms with E-state index in [2.05, 4.69) is 5.32 Å². The van der Waals surface area contributed by atoms with Gasteiger partial charge in [0.05, 0.1) is 12.2 Å². The Kier molecular flexibility index (Phi) is 7.77. The van der Waals surface area contributed by atoms with Crippen molar-refractivity contribution in [2.45, 2.75) is 32.1 Å². The van der Waals surface area contributed by atoms with Gasteiger partial charge in [-0.2, -0.15) is 13.2 Å². The Labute approximate surface area is 200 Å². The van der Waals surface area contributed by atoms with Gasteiger partial charge in [0.15, 0.2) is 0 Å². The molecule has 0 aliphatic rings. The molecule has 3 aromatic carbocycles. The van der Waals surface area contributed by atoms with Crippen molar-refractivity contribution in [2.75, 3.05) is 6.61 Å². The number of aliphatic hydroxyl groups is 1. The van der Waals surface area contributed by atoms with Crippen LogP contribution in [0.4, 0.5) is 17.6 Å². The second-order valence-electron chi connectivity index (χ2n) is 8.40. The molecule has 0 spiro atoms. The highest BCUT2D eigenvalue weighted by molar-refractivity contribution is 5.79. The zero-order valence-electron chi connectivity index (χ0n) is 19.2. The summed E-state index contributed by atoms with van der Waals surface area (Å²) in [6, 6.07) is 15.0. The molecule has 0 aliphatic heterocycles. The lowest BCUT2D eigenvalue weighted by Crippen LogP contribution is -2.52. The monoisotopic (exact) mass is 487 g/mol. The lowest BCUT2D eigenvalue weighted by molar-refractivity contribution is -0.146. The van der Waals surface area contributed by atoms with Gasteiger partial charge in [0.2, 0.25) is 0 Å². The van der Waals surface area contributed by atoms with Gasteiger partial charge in [-0.05, 0) is 59.9 Å². The molecule has 0 fully saturated rings. The number of rotatable bonds is 8. The van der Waals surface area contributed by atoms with E-state index in [9.17, 15) is 32.6 Å². The molecule has 0 radical (unpaired) electrons. The summed E-state index contributed by atoms with van der Waals surface area (Å²) >= 11 is 0. The molecule has 0 aliphatic carbocycles. The minimum atomic E-state index is -4.60. The average Bonchev–Trinajstić information content (AvgIpc) is 2.81. The van der Waals surface area contributed by atoms with Crippen LogP contribution < -0.4 is 5.32 Å². The number of hydrogen-bond acceptors (Lipinski definition) is 3. The first-order valence-corrected chi connectivity index (χ1v) is 10.8. The molecule has 0 saturated carbocycles. The molecule has 4 nitrogen and oxygen atoms in total. The summed E-state index contributed by atoms with van der Waals surface area (Å²) in [4.78, 5) is 11.4. The first kappa shape index (κ1) is 26.1. The van der Waals surface area contributed by atoms with Crippen LogP contribution in [-0.2, 0) is 17.5 Å². The topological polar surface area (TPSA) is 69.6 Å².